The molecule has 2 heteroatoms. The van der Waals surface area contributed by atoms with Crippen molar-refractivity contribution >= 4 is 0 Å². The van der Waals surface area contributed by atoms with Gasteiger partial charge in [-0.3, -0.25) is 0 Å². The van der Waals surface area contributed by atoms with E-state index in [1.807, 2.05) is 12.1 Å². The molecule has 128 valence electrons. The predicted molar refractivity (Wildman–Crippen MR) is 95.3 cm³/mol. The third kappa shape index (κ3) is 2.97. The molecule has 3 atom stereocenters. The Hall–Kier alpha value is -1.18. The van der Waals surface area contributed by atoms with Crippen molar-refractivity contribution in [2.24, 2.45) is 11.8 Å². The lowest BCUT2D eigenvalue weighted by atomic mass is 9.63. The molecule has 1 fully saturated rings. The van der Waals surface area contributed by atoms with Gasteiger partial charge in [0.1, 0.15) is 17.1 Å². The van der Waals surface area contributed by atoms with Gasteiger partial charge in [-0.15, -0.1) is 0 Å². The van der Waals surface area contributed by atoms with Crippen molar-refractivity contribution in [3.63, 3.8) is 0 Å². The van der Waals surface area contributed by atoms with E-state index in [-0.39, 0.29) is 5.60 Å². The number of aryl methyl sites for hydroxylation is 1. The lowest BCUT2D eigenvalue weighted by Crippen LogP contribution is -2.50. The first-order chi connectivity index (χ1) is 11.0. The Kier molecular flexibility index (Phi) is 4.62. The predicted octanol–water partition coefficient (Wildman–Crippen LogP) is 5.82. The number of hydrogen-bond acceptors (Lipinski definition) is 2. The molecule has 1 aromatic rings. The molecule has 1 aromatic carbocycles. The topological polar surface area (TPSA) is 29.5 Å². The summed E-state index contributed by atoms with van der Waals surface area (Å²) in [6, 6.07) is 3.85. The molecule has 0 saturated heterocycles. The van der Waals surface area contributed by atoms with Crippen molar-refractivity contribution in [1.29, 1.82) is 0 Å². The highest BCUT2D eigenvalue weighted by Gasteiger charge is 2.48. The summed E-state index contributed by atoms with van der Waals surface area (Å²) in [7, 11) is 0. The lowest BCUT2D eigenvalue weighted by Gasteiger charge is -2.51. The Morgan fingerprint density at radius 2 is 2.09 bits per heavy atom. The SMILES string of the molecule is CCCCCc1cc(O)cc2c1[C@H]1C[C@](C(C)C)(CC[C@@H]1C)O2. The molecular formula is C21H32O2. The number of phenolic OH excluding ortho intramolecular Hbond substituents is 1. The molecule has 2 nitrogen and oxygen atoms in total. The fourth-order valence-electron chi connectivity index (χ4n) is 4.63. The average Bonchev–Trinajstić information content (AvgIpc) is 2.50. The summed E-state index contributed by atoms with van der Waals surface area (Å²) >= 11 is 0. The number of benzene rings is 1. The molecule has 0 spiro atoms. The maximum atomic E-state index is 10.2. The standard InChI is InChI=1S/C21H32O2/c1-5-6-7-8-16-11-17(22)12-19-20(16)18-13-21(23-19,14(2)3)10-9-15(18)4/h11-12,14-15,18,22H,5-10,13H2,1-4H3/t15-,18-,21-/m0/s1. The second-order valence-corrected chi connectivity index (χ2v) is 8.12. The van der Waals surface area contributed by atoms with Gasteiger partial charge in [-0.25, -0.2) is 0 Å². The highest BCUT2D eigenvalue weighted by atomic mass is 16.5. The zero-order valence-electron chi connectivity index (χ0n) is 15.2. The Balaban J connectivity index is 2.01. The van der Waals surface area contributed by atoms with Crippen molar-refractivity contribution in [3.05, 3.63) is 23.3 Å². The molecular weight excluding hydrogens is 284 g/mol. The normalized spacial score (nSPS) is 29.3. The molecule has 0 radical (unpaired) electrons. The minimum atomic E-state index is -0.0291. The van der Waals surface area contributed by atoms with Crippen LogP contribution in [0.3, 0.4) is 0 Å². The van der Waals surface area contributed by atoms with Gasteiger partial charge >= 0.3 is 0 Å². The quantitative estimate of drug-likeness (QED) is 0.694. The van der Waals surface area contributed by atoms with Gasteiger partial charge in [0.15, 0.2) is 0 Å². The lowest BCUT2D eigenvalue weighted by molar-refractivity contribution is -0.0476. The molecule has 0 aromatic heterocycles. The third-order valence-corrected chi connectivity index (χ3v) is 6.27. The summed E-state index contributed by atoms with van der Waals surface area (Å²) in [4.78, 5) is 0. The van der Waals surface area contributed by atoms with E-state index in [0.29, 0.717) is 23.5 Å². The van der Waals surface area contributed by atoms with Gasteiger partial charge < -0.3 is 9.84 Å². The van der Waals surface area contributed by atoms with Gasteiger partial charge in [0.05, 0.1) is 0 Å². The van der Waals surface area contributed by atoms with E-state index in [2.05, 4.69) is 27.7 Å². The van der Waals surface area contributed by atoms with Crippen LogP contribution in [0.25, 0.3) is 0 Å². The van der Waals surface area contributed by atoms with Crippen LogP contribution in [0.5, 0.6) is 11.5 Å². The largest absolute Gasteiger partial charge is 0.508 e. The first-order valence-electron chi connectivity index (χ1n) is 9.51. The van der Waals surface area contributed by atoms with Crippen LogP contribution in [-0.4, -0.2) is 10.7 Å². The zero-order chi connectivity index (χ0) is 16.6. The van der Waals surface area contributed by atoms with Crippen LogP contribution in [0.2, 0.25) is 0 Å². The summed E-state index contributed by atoms with van der Waals surface area (Å²) in [5.74, 6) is 3.14. The van der Waals surface area contributed by atoms with Crippen molar-refractivity contribution in [2.75, 3.05) is 0 Å². The molecule has 1 heterocycles. The number of ether oxygens (including phenoxy) is 1. The summed E-state index contributed by atoms with van der Waals surface area (Å²) < 4.78 is 6.57. The summed E-state index contributed by atoms with van der Waals surface area (Å²) in [6.07, 6.45) is 8.27. The molecule has 2 aliphatic rings. The van der Waals surface area contributed by atoms with Gasteiger partial charge in [0, 0.05) is 11.6 Å². The van der Waals surface area contributed by atoms with Crippen LogP contribution in [0, 0.1) is 11.8 Å². The highest BCUT2D eigenvalue weighted by molar-refractivity contribution is 5.51. The maximum Gasteiger partial charge on any atom is 0.127 e. The summed E-state index contributed by atoms with van der Waals surface area (Å²) in [5.41, 5.74) is 2.70. The van der Waals surface area contributed by atoms with Crippen molar-refractivity contribution < 1.29 is 9.84 Å². The summed E-state index contributed by atoms with van der Waals surface area (Å²) in [6.45, 7) is 9.19. The highest BCUT2D eigenvalue weighted by Crippen LogP contribution is 2.55. The first kappa shape index (κ1) is 16.7. The van der Waals surface area contributed by atoms with Crippen LogP contribution in [-0.2, 0) is 6.42 Å². The van der Waals surface area contributed by atoms with Gasteiger partial charge in [-0.2, -0.15) is 0 Å². The number of rotatable bonds is 5. The maximum absolute atomic E-state index is 10.2. The fourth-order valence-corrected chi connectivity index (χ4v) is 4.63. The molecule has 1 aliphatic carbocycles. The fraction of sp³-hybridized carbons (Fsp3) is 0.714. The van der Waals surface area contributed by atoms with E-state index in [4.69, 9.17) is 4.74 Å². The summed E-state index contributed by atoms with van der Waals surface area (Å²) in [5, 5.41) is 10.2. The van der Waals surface area contributed by atoms with Crippen LogP contribution in [0.4, 0.5) is 0 Å². The van der Waals surface area contributed by atoms with Gasteiger partial charge in [-0.1, -0.05) is 40.5 Å². The molecule has 1 aliphatic heterocycles. The van der Waals surface area contributed by atoms with E-state index in [0.717, 1.165) is 25.0 Å². The van der Waals surface area contributed by atoms with E-state index in [1.165, 1.54) is 36.8 Å². The van der Waals surface area contributed by atoms with Crippen LogP contribution in [0.15, 0.2) is 12.1 Å². The number of fused-ring (bicyclic) bond motifs is 4. The van der Waals surface area contributed by atoms with Crippen LogP contribution >= 0.6 is 0 Å². The molecule has 3 rings (SSSR count). The monoisotopic (exact) mass is 316 g/mol. The van der Waals surface area contributed by atoms with Crippen LogP contribution < -0.4 is 4.74 Å². The average molecular weight is 316 g/mol. The van der Waals surface area contributed by atoms with E-state index >= 15 is 0 Å². The molecule has 1 N–H and O–H groups in total. The Labute approximate surface area is 141 Å². The number of hydrogen-bond donors (Lipinski definition) is 1. The molecule has 2 bridgehead atoms. The smallest absolute Gasteiger partial charge is 0.127 e. The number of unbranched alkanes of at least 4 members (excludes halogenated alkanes) is 2. The van der Waals surface area contributed by atoms with Gasteiger partial charge in [-0.05, 0) is 61.5 Å². The minimum absolute atomic E-state index is 0.0291. The van der Waals surface area contributed by atoms with E-state index in [1.54, 1.807) is 0 Å². The Morgan fingerprint density at radius 1 is 1.30 bits per heavy atom. The third-order valence-electron chi connectivity index (χ3n) is 6.27. The number of phenols is 1. The zero-order valence-corrected chi connectivity index (χ0v) is 15.2. The van der Waals surface area contributed by atoms with E-state index in [9.17, 15) is 5.11 Å². The first-order valence-corrected chi connectivity index (χ1v) is 9.51. The molecule has 0 unspecified atom stereocenters. The van der Waals surface area contributed by atoms with E-state index < -0.39 is 0 Å². The molecule has 0 amide bonds. The van der Waals surface area contributed by atoms with Gasteiger partial charge in [0.2, 0.25) is 0 Å². The molecule has 1 saturated carbocycles. The van der Waals surface area contributed by atoms with Crippen molar-refractivity contribution in [1.82, 2.24) is 0 Å². The molecule has 23 heavy (non-hydrogen) atoms. The van der Waals surface area contributed by atoms with Crippen molar-refractivity contribution in [3.8, 4) is 11.5 Å². The Bertz CT molecular complexity index is 563. The Morgan fingerprint density at radius 3 is 2.78 bits per heavy atom. The number of aromatic hydroxyl groups is 1. The van der Waals surface area contributed by atoms with Crippen molar-refractivity contribution in [2.45, 2.75) is 84.2 Å². The minimum Gasteiger partial charge on any atom is -0.508 e. The van der Waals surface area contributed by atoms with Gasteiger partial charge in [0.25, 0.3) is 0 Å². The van der Waals surface area contributed by atoms with Crippen LogP contribution in [0.1, 0.15) is 83.3 Å². The second-order valence-electron chi connectivity index (χ2n) is 8.12. The second kappa shape index (κ2) is 6.37.